The number of pyridine rings is 1. The van der Waals surface area contributed by atoms with Crippen molar-refractivity contribution in [3.63, 3.8) is 0 Å². The van der Waals surface area contributed by atoms with Crippen LogP contribution >= 0.6 is 0 Å². The van der Waals surface area contributed by atoms with E-state index in [1.807, 2.05) is 25.1 Å². The minimum absolute atomic E-state index is 0.423. The maximum Gasteiger partial charge on any atom is 0.135 e. The number of nitrogens with zero attached hydrogens (tertiary/aromatic N) is 1. The fourth-order valence-electron chi connectivity index (χ4n) is 1.88. The summed E-state index contributed by atoms with van der Waals surface area (Å²) in [5, 5.41) is 0. The van der Waals surface area contributed by atoms with Gasteiger partial charge in [0.15, 0.2) is 0 Å². The van der Waals surface area contributed by atoms with E-state index in [-0.39, 0.29) is 0 Å². The van der Waals surface area contributed by atoms with Crippen molar-refractivity contribution in [2.24, 2.45) is 5.73 Å². The summed E-state index contributed by atoms with van der Waals surface area (Å²) in [6.45, 7) is 6.70. The third-order valence-electron chi connectivity index (χ3n) is 3.05. The molecule has 2 rings (SSSR count). The van der Waals surface area contributed by atoms with Crippen molar-refractivity contribution < 1.29 is 4.74 Å². The molecular formula is C16H20N2O. The Balaban J connectivity index is 2.30. The molecule has 0 radical (unpaired) electrons. The Hall–Kier alpha value is -1.87. The molecule has 0 unspecified atom stereocenters. The first-order valence-electron chi connectivity index (χ1n) is 6.53. The lowest BCUT2D eigenvalue weighted by molar-refractivity contribution is 0.474. The number of aromatic nitrogens is 1. The van der Waals surface area contributed by atoms with E-state index >= 15 is 0 Å². The van der Waals surface area contributed by atoms with E-state index in [0.717, 1.165) is 22.8 Å². The quantitative estimate of drug-likeness (QED) is 0.906. The Morgan fingerprint density at radius 1 is 1.26 bits per heavy atom. The Bertz CT molecular complexity index is 564. The van der Waals surface area contributed by atoms with Gasteiger partial charge >= 0.3 is 0 Å². The summed E-state index contributed by atoms with van der Waals surface area (Å²) in [5.41, 5.74) is 8.81. The summed E-state index contributed by atoms with van der Waals surface area (Å²) in [6, 6.07) is 10.1. The number of hydrogen-bond donors (Lipinski definition) is 1. The van der Waals surface area contributed by atoms with Crippen molar-refractivity contribution in [1.82, 2.24) is 4.98 Å². The van der Waals surface area contributed by atoms with Crippen molar-refractivity contribution >= 4 is 0 Å². The molecule has 0 spiro atoms. The Morgan fingerprint density at radius 2 is 2.05 bits per heavy atom. The second kappa shape index (κ2) is 5.85. The van der Waals surface area contributed by atoms with E-state index in [2.05, 4.69) is 31.0 Å². The highest BCUT2D eigenvalue weighted by Gasteiger charge is 2.06. The Morgan fingerprint density at radius 3 is 2.74 bits per heavy atom. The van der Waals surface area contributed by atoms with Crippen LogP contribution in [0, 0.1) is 6.92 Å². The van der Waals surface area contributed by atoms with Crippen LogP contribution in [-0.4, -0.2) is 4.98 Å². The van der Waals surface area contributed by atoms with Gasteiger partial charge in [0.25, 0.3) is 0 Å². The largest absolute Gasteiger partial charge is 0.457 e. The lowest BCUT2D eigenvalue weighted by atomic mass is 10.0. The first-order chi connectivity index (χ1) is 9.10. The molecule has 3 nitrogen and oxygen atoms in total. The molecule has 0 aliphatic heterocycles. The summed E-state index contributed by atoms with van der Waals surface area (Å²) in [5.74, 6) is 2.11. The van der Waals surface area contributed by atoms with Crippen LogP contribution in [0.4, 0.5) is 0 Å². The van der Waals surface area contributed by atoms with Crippen LogP contribution in [0.25, 0.3) is 0 Å². The second-order valence-corrected chi connectivity index (χ2v) is 4.97. The molecular weight excluding hydrogens is 236 g/mol. The molecule has 0 saturated carbocycles. The first kappa shape index (κ1) is 13.6. The van der Waals surface area contributed by atoms with Gasteiger partial charge in [0.2, 0.25) is 0 Å². The highest BCUT2D eigenvalue weighted by Crippen LogP contribution is 2.27. The number of aryl methyl sites for hydroxylation is 1. The van der Waals surface area contributed by atoms with Crippen molar-refractivity contribution in [2.75, 3.05) is 0 Å². The lowest BCUT2D eigenvalue weighted by Crippen LogP contribution is -2.01. The van der Waals surface area contributed by atoms with E-state index < -0.39 is 0 Å². The minimum Gasteiger partial charge on any atom is -0.457 e. The molecule has 0 atom stereocenters. The zero-order valence-electron chi connectivity index (χ0n) is 11.7. The van der Waals surface area contributed by atoms with Crippen molar-refractivity contribution in [3.8, 4) is 11.5 Å². The molecule has 1 aromatic heterocycles. The third kappa shape index (κ3) is 3.32. The van der Waals surface area contributed by atoms with Gasteiger partial charge in [-0.05, 0) is 30.5 Å². The van der Waals surface area contributed by atoms with Gasteiger partial charge in [-0.3, -0.25) is 4.98 Å². The number of rotatable bonds is 4. The lowest BCUT2D eigenvalue weighted by Gasteiger charge is -2.12. The van der Waals surface area contributed by atoms with Crippen LogP contribution in [0.5, 0.6) is 11.5 Å². The fraction of sp³-hybridized carbons (Fsp3) is 0.312. The normalized spacial score (nSPS) is 10.8. The van der Waals surface area contributed by atoms with E-state index in [9.17, 15) is 0 Å². The molecule has 0 amide bonds. The summed E-state index contributed by atoms with van der Waals surface area (Å²) < 4.78 is 5.95. The highest BCUT2D eigenvalue weighted by atomic mass is 16.5. The predicted molar refractivity (Wildman–Crippen MR) is 77.5 cm³/mol. The zero-order chi connectivity index (χ0) is 13.8. The molecule has 19 heavy (non-hydrogen) atoms. The zero-order valence-corrected chi connectivity index (χ0v) is 11.7. The molecule has 0 bridgehead atoms. The van der Waals surface area contributed by atoms with E-state index in [1.165, 1.54) is 5.56 Å². The highest BCUT2D eigenvalue weighted by molar-refractivity contribution is 5.39. The van der Waals surface area contributed by atoms with Crippen LogP contribution in [0.1, 0.15) is 36.6 Å². The van der Waals surface area contributed by atoms with E-state index in [1.54, 1.807) is 6.20 Å². The molecule has 0 aliphatic rings. The average molecular weight is 256 g/mol. The summed E-state index contributed by atoms with van der Waals surface area (Å²) >= 11 is 0. The van der Waals surface area contributed by atoms with Gasteiger partial charge < -0.3 is 10.5 Å². The fourth-order valence-corrected chi connectivity index (χ4v) is 1.88. The van der Waals surface area contributed by atoms with Crippen LogP contribution in [0.3, 0.4) is 0 Å². The maximum absolute atomic E-state index is 5.95. The van der Waals surface area contributed by atoms with Crippen molar-refractivity contribution in [1.29, 1.82) is 0 Å². The number of hydrogen-bond acceptors (Lipinski definition) is 3. The van der Waals surface area contributed by atoms with Crippen molar-refractivity contribution in [3.05, 3.63) is 53.3 Å². The molecule has 2 N–H and O–H groups in total. The van der Waals surface area contributed by atoms with Gasteiger partial charge in [-0.2, -0.15) is 0 Å². The molecule has 0 aliphatic carbocycles. The predicted octanol–water partition coefficient (Wildman–Crippen LogP) is 3.76. The summed E-state index contributed by atoms with van der Waals surface area (Å²) in [4.78, 5) is 4.24. The van der Waals surface area contributed by atoms with Gasteiger partial charge in [0.05, 0.1) is 0 Å². The second-order valence-electron chi connectivity index (χ2n) is 4.97. The molecule has 1 aromatic carbocycles. The van der Waals surface area contributed by atoms with Crippen LogP contribution in [0.2, 0.25) is 0 Å². The van der Waals surface area contributed by atoms with Gasteiger partial charge in [0.1, 0.15) is 11.5 Å². The minimum atomic E-state index is 0.423. The molecule has 2 aromatic rings. The standard InChI is InChI=1S/C16H20N2O/c1-11(2)13-5-4-6-15(8-13)19-16-7-12(3)18-10-14(16)9-17/h4-8,10-11H,9,17H2,1-3H3. The molecule has 1 heterocycles. The van der Waals surface area contributed by atoms with Crippen LogP contribution in [-0.2, 0) is 6.54 Å². The molecule has 100 valence electrons. The van der Waals surface area contributed by atoms with Gasteiger partial charge in [-0.25, -0.2) is 0 Å². The monoisotopic (exact) mass is 256 g/mol. The summed E-state index contributed by atoms with van der Waals surface area (Å²) in [7, 11) is 0. The topological polar surface area (TPSA) is 48.1 Å². The first-order valence-corrected chi connectivity index (χ1v) is 6.53. The smallest absolute Gasteiger partial charge is 0.135 e. The number of benzene rings is 1. The number of ether oxygens (including phenoxy) is 1. The Kier molecular flexibility index (Phi) is 4.17. The van der Waals surface area contributed by atoms with E-state index in [0.29, 0.717) is 12.5 Å². The molecule has 3 heteroatoms. The maximum atomic E-state index is 5.95. The average Bonchev–Trinajstić information content (AvgIpc) is 2.39. The van der Waals surface area contributed by atoms with Crippen molar-refractivity contribution in [2.45, 2.75) is 33.2 Å². The molecule has 0 saturated heterocycles. The summed E-state index contributed by atoms with van der Waals surface area (Å²) in [6.07, 6.45) is 1.77. The van der Waals surface area contributed by atoms with Crippen LogP contribution < -0.4 is 10.5 Å². The van der Waals surface area contributed by atoms with E-state index in [4.69, 9.17) is 10.5 Å². The van der Waals surface area contributed by atoms with Gasteiger partial charge in [0, 0.05) is 30.1 Å². The SMILES string of the molecule is Cc1cc(Oc2cccc(C(C)C)c2)c(CN)cn1. The molecule has 0 fully saturated rings. The third-order valence-corrected chi connectivity index (χ3v) is 3.05. The number of nitrogens with two attached hydrogens (primary N) is 1. The van der Waals surface area contributed by atoms with Crippen LogP contribution in [0.15, 0.2) is 36.5 Å². The van der Waals surface area contributed by atoms with Gasteiger partial charge in [-0.1, -0.05) is 26.0 Å². The Labute approximate surface area is 114 Å². The van der Waals surface area contributed by atoms with Gasteiger partial charge in [-0.15, -0.1) is 0 Å².